The van der Waals surface area contributed by atoms with Gasteiger partial charge in [-0.2, -0.15) is 0 Å². The van der Waals surface area contributed by atoms with Gasteiger partial charge in [-0.25, -0.2) is 19.2 Å². The molecule has 5 saturated heterocycles. The van der Waals surface area contributed by atoms with E-state index in [1.54, 1.807) is 5.01 Å². The number of rotatable bonds is 4. The Morgan fingerprint density at radius 3 is 2.57 bits per heavy atom. The SMILES string of the molecule is CC1(C)CN(C(=O)C2CCN(C3C(F)CNCC3NC(=O)C3C(N)NN4CC(F)CNC34)CC2)CCN1. The van der Waals surface area contributed by atoms with Crippen LogP contribution in [0.3, 0.4) is 0 Å². The molecule has 0 radical (unpaired) electrons. The maximum Gasteiger partial charge on any atom is 0.229 e. The summed E-state index contributed by atoms with van der Waals surface area (Å²) in [4.78, 5) is 30.6. The van der Waals surface area contributed by atoms with Crippen LogP contribution in [0.15, 0.2) is 0 Å². The lowest BCUT2D eigenvalue weighted by atomic mass is 9.89. The number of carbonyl (C=O) groups excluding carboxylic acids is 2. The molecule has 13 heteroatoms. The lowest BCUT2D eigenvalue weighted by molar-refractivity contribution is -0.139. The number of hydrogen-bond donors (Lipinski definition) is 6. The van der Waals surface area contributed by atoms with Crippen molar-refractivity contribution in [3.8, 4) is 0 Å². The second-order valence-electron chi connectivity index (χ2n) is 11.9. The van der Waals surface area contributed by atoms with E-state index in [2.05, 4.69) is 45.4 Å². The molecule has 5 heterocycles. The van der Waals surface area contributed by atoms with Crippen LogP contribution in [0.4, 0.5) is 8.78 Å². The van der Waals surface area contributed by atoms with Crippen molar-refractivity contribution in [3.05, 3.63) is 0 Å². The highest BCUT2D eigenvalue weighted by atomic mass is 19.1. The van der Waals surface area contributed by atoms with Crippen LogP contribution in [-0.4, -0.2) is 128 Å². The summed E-state index contributed by atoms with van der Waals surface area (Å²) in [6.45, 7) is 8.65. The van der Waals surface area contributed by atoms with Gasteiger partial charge in [0.05, 0.1) is 30.3 Å². The van der Waals surface area contributed by atoms with Crippen LogP contribution in [0, 0.1) is 11.8 Å². The van der Waals surface area contributed by atoms with E-state index in [1.165, 1.54) is 0 Å². The average molecular weight is 528 g/mol. The Morgan fingerprint density at radius 1 is 1.08 bits per heavy atom. The molecule has 7 atom stereocenters. The standard InChI is InChI=1S/C24H43F2N9O2/c1-24(2)13-34(8-5-30-24)23(37)14-3-6-33(7-4-14)19-16(26)10-28-11-17(19)31-22(36)18-20(27)32-35-12-15(25)9-29-21(18)35/h14-21,28-30,32H,3-13,27H2,1-2H3,(H,31,36). The number of hydrazine groups is 1. The van der Waals surface area contributed by atoms with E-state index in [4.69, 9.17) is 5.73 Å². The zero-order valence-electron chi connectivity index (χ0n) is 21.9. The number of piperidine rings is 2. The number of nitrogens with zero attached hydrogens (tertiary/aromatic N) is 3. The van der Waals surface area contributed by atoms with E-state index in [0.717, 1.165) is 13.1 Å². The third-order valence-electron chi connectivity index (χ3n) is 8.62. The van der Waals surface area contributed by atoms with E-state index in [9.17, 15) is 14.0 Å². The van der Waals surface area contributed by atoms with Gasteiger partial charge >= 0.3 is 0 Å². The van der Waals surface area contributed by atoms with Crippen LogP contribution in [0.2, 0.25) is 0 Å². The van der Waals surface area contributed by atoms with Crippen molar-refractivity contribution < 1.29 is 18.4 Å². The highest BCUT2D eigenvalue weighted by Crippen LogP contribution is 2.27. The highest BCUT2D eigenvalue weighted by Gasteiger charge is 2.49. The van der Waals surface area contributed by atoms with Gasteiger partial charge in [-0.1, -0.05) is 0 Å². The molecule has 0 aromatic heterocycles. The molecule has 0 spiro atoms. The molecule has 11 nitrogen and oxygen atoms in total. The molecule has 37 heavy (non-hydrogen) atoms. The van der Waals surface area contributed by atoms with Gasteiger partial charge in [0.15, 0.2) is 0 Å². The van der Waals surface area contributed by atoms with Crippen LogP contribution in [0.1, 0.15) is 26.7 Å². The Kier molecular flexibility index (Phi) is 8.02. The summed E-state index contributed by atoms with van der Waals surface area (Å²) in [6.07, 6.45) is -1.88. The molecule has 7 unspecified atom stereocenters. The summed E-state index contributed by atoms with van der Waals surface area (Å²) in [5.41, 5.74) is 9.10. The molecular formula is C24H43F2N9O2. The normalized spacial score (nSPS) is 39.8. The maximum absolute atomic E-state index is 15.3. The Bertz CT molecular complexity index is 843. The Labute approximate surface area is 217 Å². The highest BCUT2D eigenvalue weighted by molar-refractivity contribution is 5.81. The van der Waals surface area contributed by atoms with E-state index < -0.39 is 42.7 Å². The molecule has 0 bridgehead atoms. The summed E-state index contributed by atoms with van der Waals surface area (Å²) in [7, 11) is 0. The summed E-state index contributed by atoms with van der Waals surface area (Å²) in [5, 5.41) is 14.3. The lowest BCUT2D eigenvalue weighted by Crippen LogP contribution is -2.67. The first-order chi connectivity index (χ1) is 17.6. The Morgan fingerprint density at radius 2 is 1.84 bits per heavy atom. The number of likely N-dealkylation sites (tertiary alicyclic amines) is 1. The largest absolute Gasteiger partial charge is 0.350 e. The molecule has 0 aromatic rings. The van der Waals surface area contributed by atoms with Crippen molar-refractivity contribution in [3.63, 3.8) is 0 Å². The first-order valence-corrected chi connectivity index (χ1v) is 13.7. The Balaban J connectivity index is 1.19. The minimum absolute atomic E-state index is 0.0526. The third kappa shape index (κ3) is 5.77. The summed E-state index contributed by atoms with van der Waals surface area (Å²) >= 11 is 0. The first-order valence-electron chi connectivity index (χ1n) is 13.7. The zero-order valence-corrected chi connectivity index (χ0v) is 21.9. The van der Waals surface area contributed by atoms with Gasteiger partial charge in [0.1, 0.15) is 12.3 Å². The predicted molar refractivity (Wildman–Crippen MR) is 134 cm³/mol. The van der Waals surface area contributed by atoms with Crippen molar-refractivity contribution in [2.45, 2.75) is 69.0 Å². The monoisotopic (exact) mass is 527 g/mol. The zero-order chi connectivity index (χ0) is 26.3. The number of halogens is 2. The second-order valence-corrected chi connectivity index (χ2v) is 11.9. The first kappa shape index (κ1) is 27.1. The fraction of sp³-hybridized carbons (Fsp3) is 0.917. The number of nitrogens with two attached hydrogens (primary N) is 1. The minimum atomic E-state index is -1.15. The molecule has 0 saturated carbocycles. The van der Waals surface area contributed by atoms with Crippen LogP contribution in [0.25, 0.3) is 0 Å². The van der Waals surface area contributed by atoms with Crippen LogP contribution >= 0.6 is 0 Å². The molecular weight excluding hydrogens is 484 g/mol. The topological polar surface area (TPSA) is 130 Å². The van der Waals surface area contributed by atoms with Gasteiger partial charge in [0.25, 0.3) is 0 Å². The number of alkyl halides is 2. The Hall–Kier alpha value is -1.48. The molecule has 0 aliphatic carbocycles. The molecule has 5 rings (SSSR count). The molecule has 5 aliphatic rings. The summed E-state index contributed by atoms with van der Waals surface area (Å²) in [5.74, 6) is -0.749. The smallest absolute Gasteiger partial charge is 0.229 e. The van der Waals surface area contributed by atoms with E-state index >= 15 is 4.39 Å². The molecule has 5 aliphatic heterocycles. The number of piperazine rings is 1. The van der Waals surface area contributed by atoms with E-state index in [1.807, 2.05) is 4.90 Å². The van der Waals surface area contributed by atoms with Crippen molar-refractivity contribution in [1.29, 1.82) is 0 Å². The van der Waals surface area contributed by atoms with Gasteiger partial charge in [0, 0.05) is 57.3 Å². The summed E-state index contributed by atoms with van der Waals surface area (Å²) in [6, 6.07) is -0.910. The lowest BCUT2D eigenvalue weighted by Gasteiger charge is -2.46. The van der Waals surface area contributed by atoms with E-state index in [-0.39, 0.29) is 42.9 Å². The maximum atomic E-state index is 15.3. The quantitative estimate of drug-likeness (QED) is 0.239. The van der Waals surface area contributed by atoms with Crippen molar-refractivity contribution in [2.24, 2.45) is 17.6 Å². The fourth-order valence-corrected chi connectivity index (χ4v) is 6.78. The van der Waals surface area contributed by atoms with Crippen molar-refractivity contribution >= 4 is 11.8 Å². The molecule has 2 amide bonds. The molecule has 5 fully saturated rings. The molecule has 0 aromatic carbocycles. The van der Waals surface area contributed by atoms with Crippen LogP contribution in [0.5, 0.6) is 0 Å². The third-order valence-corrected chi connectivity index (χ3v) is 8.62. The number of amides is 2. The number of fused-ring (bicyclic) bond motifs is 1. The van der Waals surface area contributed by atoms with Gasteiger partial charge in [0.2, 0.25) is 11.8 Å². The van der Waals surface area contributed by atoms with Crippen LogP contribution in [-0.2, 0) is 9.59 Å². The predicted octanol–water partition coefficient (Wildman–Crippen LogP) is -2.31. The summed E-state index contributed by atoms with van der Waals surface area (Å²) < 4.78 is 29.1. The van der Waals surface area contributed by atoms with E-state index in [0.29, 0.717) is 39.0 Å². The van der Waals surface area contributed by atoms with Crippen molar-refractivity contribution in [1.82, 2.24) is 41.5 Å². The number of hydrogen-bond acceptors (Lipinski definition) is 9. The average Bonchev–Trinajstić information content (AvgIpc) is 3.18. The fourth-order valence-electron chi connectivity index (χ4n) is 6.78. The second kappa shape index (κ2) is 10.9. The minimum Gasteiger partial charge on any atom is -0.350 e. The van der Waals surface area contributed by atoms with Gasteiger partial charge < -0.3 is 26.6 Å². The van der Waals surface area contributed by atoms with Crippen LogP contribution < -0.4 is 32.4 Å². The van der Waals surface area contributed by atoms with Gasteiger partial charge in [-0.3, -0.25) is 19.8 Å². The number of carbonyl (C=O) groups is 2. The van der Waals surface area contributed by atoms with Gasteiger partial charge in [-0.15, -0.1) is 0 Å². The molecule has 7 N–H and O–H groups in total. The van der Waals surface area contributed by atoms with Crippen molar-refractivity contribution in [2.75, 3.05) is 58.9 Å². The molecule has 210 valence electrons. The number of nitrogens with one attached hydrogen (secondary N) is 5. The van der Waals surface area contributed by atoms with Gasteiger partial charge in [-0.05, 0) is 39.8 Å².